The third-order valence-corrected chi connectivity index (χ3v) is 6.82. The van der Waals surface area contributed by atoms with Gasteiger partial charge in [0.05, 0.1) is 53.4 Å². The van der Waals surface area contributed by atoms with E-state index in [-0.39, 0.29) is 23.3 Å². The van der Waals surface area contributed by atoms with Crippen LogP contribution in [-0.4, -0.2) is 62.9 Å². The molecule has 4 heterocycles. The number of halogens is 3. The molecule has 9 nitrogen and oxygen atoms in total. The standard InChI is InChI=1S/C22H20ClF2N7O2/c1-31(10-2-3-34-9-10)21-19(25)18(23)17(12-5-27-30-20(12)21)14-7-32-8-15(28-16(32)6-26-14)29-22(33)11-4-13(11)24/h5-8,10-11,13H,2-4,9H2,1H3,(H,27,30)(H,29,33). The molecular weight excluding hydrogens is 468 g/mol. The fraction of sp³-hybridized carbons (Fsp3) is 0.364. The summed E-state index contributed by atoms with van der Waals surface area (Å²) in [5.41, 5.74) is 2.10. The van der Waals surface area contributed by atoms with Gasteiger partial charge in [-0.3, -0.25) is 14.9 Å². The number of carbonyl (C=O) groups is 1. The zero-order chi connectivity index (χ0) is 23.6. The van der Waals surface area contributed by atoms with Gasteiger partial charge in [0.25, 0.3) is 0 Å². The van der Waals surface area contributed by atoms with Gasteiger partial charge in [-0.25, -0.2) is 13.8 Å². The lowest BCUT2D eigenvalue weighted by Crippen LogP contribution is -2.32. The molecule has 1 aliphatic heterocycles. The average molecular weight is 488 g/mol. The first-order chi connectivity index (χ1) is 16.4. The zero-order valence-corrected chi connectivity index (χ0v) is 18.8. The van der Waals surface area contributed by atoms with Crippen molar-refractivity contribution >= 4 is 45.6 Å². The molecule has 1 aromatic carbocycles. The molecule has 12 heteroatoms. The number of likely N-dealkylation sites (N-methyl/N-ethyl adjacent to an activating group) is 1. The van der Waals surface area contributed by atoms with Crippen molar-refractivity contribution in [2.75, 3.05) is 30.5 Å². The number of nitrogens with one attached hydrogen (secondary N) is 2. The zero-order valence-electron chi connectivity index (χ0n) is 18.1. The van der Waals surface area contributed by atoms with Crippen molar-refractivity contribution in [2.24, 2.45) is 5.92 Å². The number of anilines is 2. The number of alkyl halides is 1. The monoisotopic (exact) mass is 487 g/mol. The minimum atomic E-state index is -1.09. The third-order valence-electron chi connectivity index (χ3n) is 6.47. The van der Waals surface area contributed by atoms with Crippen LogP contribution in [0.2, 0.25) is 5.02 Å². The highest BCUT2D eigenvalue weighted by Crippen LogP contribution is 2.42. The normalized spacial score (nSPS) is 21.9. The number of H-pyrrole nitrogens is 1. The summed E-state index contributed by atoms with van der Waals surface area (Å²) >= 11 is 6.57. The van der Waals surface area contributed by atoms with Crippen molar-refractivity contribution in [3.05, 3.63) is 35.6 Å². The van der Waals surface area contributed by atoms with Crippen LogP contribution in [0, 0.1) is 11.7 Å². The van der Waals surface area contributed by atoms with E-state index in [0.29, 0.717) is 46.7 Å². The smallest absolute Gasteiger partial charge is 0.231 e. The molecule has 1 aliphatic carbocycles. The lowest BCUT2D eigenvalue weighted by Gasteiger charge is -2.27. The topological polar surface area (TPSA) is 100 Å². The molecule has 34 heavy (non-hydrogen) atoms. The van der Waals surface area contributed by atoms with Crippen LogP contribution in [0.5, 0.6) is 0 Å². The van der Waals surface area contributed by atoms with Crippen LogP contribution in [0.25, 0.3) is 27.8 Å². The molecule has 0 spiro atoms. The molecule has 1 amide bonds. The summed E-state index contributed by atoms with van der Waals surface area (Å²) in [6, 6.07) is 0.0280. The Kier molecular flexibility index (Phi) is 4.92. The summed E-state index contributed by atoms with van der Waals surface area (Å²) in [5.74, 6) is -1.32. The summed E-state index contributed by atoms with van der Waals surface area (Å²) in [7, 11) is 1.81. The number of hydrogen-bond donors (Lipinski definition) is 2. The molecule has 6 rings (SSSR count). The van der Waals surface area contributed by atoms with Crippen LogP contribution in [0.1, 0.15) is 12.8 Å². The SMILES string of the molecule is CN(c1c(F)c(Cl)c(-c2cn3cc(NC(=O)C4CC4F)nc3cn2)c2cn[nH]c12)C1CCOC1. The van der Waals surface area contributed by atoms with Gasteiger partial charge < -0.3 is 19.4 Å². The van der Waals surface area contributed by atoms with E-state index in [2.05, 4.69) is 25.5 Å². The molecule has 3 aromatic heterocycles. The summed E-state index contributed by atoms with van der Waals surface area (Å²) in [6.07, 6.45) is 6.25. The highest BCUT2D eigenvalue weighted by Gasteiger charge is 2.43. The van der Waals surface area contributed by atoms with Crippen LogP contribution >= 0.6 is 11.6 Å². The predicted molar refractivity (Wildman–Crippen MR) is 122 cm³/mol. The lowest BCUT2D eigenvalue weighted by atomic mass is 10.0. The van der Waals surface area contributed by atoms with Crippen molar-refractivity contribution in [1.82, 2.24) is 24.6 Å². The number of rotatable bonds is 5. The number of ether oxygens (including phenoxy) is 1. The van der Waals surface area contributed by atoms with E-state index < -0.39 is 23.8 Å². The van der Waals surface area contributed by atoms with Gasteiger partial charge in [-0.15, -0.1) is 0 Å². The Labute approximate surface area is 197 Å². The van der Waals surface area contributed by atoms with Gasteiger partial charge in [-0.2, -0.15) is 5.10 Å². The first kappa shape index (κ1) is 21.2. The Morgan fingerprint density at radius 1 is 1.38 bits per heavy atom. The van der Waals surface area contributed by atoms with Crippen molar-refractivity contribution in [3.8, 4) is 11.3 Å². The Bertz CT molecular complexity index is 1430. The van der Waals surface area contributed by atoms with Crippen molar-refractivity contribution in [1.29, 1.82) is 0 Å². The molecule has 4 aromatic rings. The van der Waals surface area contributed by atoms with Gasteiger partial charge >= 0.3 is 0 Å². The summed E-state index contributed by atoms with van der Waals surface area (Å²) < 4.78 is 35.9. The molecular formula is C22H20ClF2N7O2. The largest absolute Gasteiger partial charge is 0.379 e. The highest BCUT2D eigenvalue weighted by atomic mass is 35.5. The molecule has 3 atom stereocenters. The summed E-state index contributed by atoms with van der Waals surface area (Å²) in [6.45, 7) is 1.14. The Balaban J connectivity index is 1.40. The second-order valence-corrected chi connectivity index (χ2v) is 9.03. The first-order valence-electron chi connectivity index (χ1n) is 10.9. The second kappa shape index (κ2) is 7.88. The fourth-order valence-electron chi connectivity index (χ4n) is 4.43. The number of imidazole rings is 1. The number of amides is 1. The fourth-order valence-corrected chi connectivity index (χ4v) is 4.72. The Morgan fingerprint density at radius 2 is 2.21 bits per heavy atom. The average Bonchev–Trinajstić information content (AvgIpc) is 3.26. The quantitative estimate of drug-likeness (QED) is 0.446. The molecule has 0 radical (unpaired) electrons. The summed E-state index contributed by atoms with van der Waals surface area (Å²) in [4.78, 5) is 22.6. The molecule has 176 valence electrons. The number of aromatic amines is 1. The Morgan fingerprint density at radius 3 is 2.94 bits per heavy atom. The minimum absolute atomic E-state index is 0.0280. The van der Waals surface area contributed by atoms with E-state index in [4.69, 9.17) is 16.3 Å². The predicted octanol–water partition coefficient (Wildman–Crippen LogP) is 3.59. The van der Waals surface area contributed by atoms with Crippen LogP contribution in [-0.2, 0) is 9.53 Å². The maximum atomic E-state index is 15.6. The number of nitrogens with zero attached hydrogens (tertiary/aromatic N) is 5. The van der Waals surface area contributed by atoms with Gasteiger partial charge in [0.1, 0.15) is 11.9 Å². The minimum Gasteiger partial charge on any atom is -0.379 e. The van der Waals surface area contributed by atoms with Crippen LogP contribution < -0.4 is 10.2 Å². The first-order valence-corrected chi connectivity index (χ1v) is 11.2. The maximum Gasteiger partial charge on any atom is 0.231 e. The number of carbonyl (C=O) groups excluding carboxylic acids is 1. The Hall–Kier alpha value is -3.31. The lowest BCUT2D eigenvalue weighted by molar-refractivity contribution is -0.117. The molecule has 0 bridgehead atoms. The summed E-state index contributed by atoms with van der Waals surface area (Å²) in [5, 5.41) is 10.2. The molecule has 2 fully saturated rings. The second-order valence-electron chi connectivity index (χ2n) is 8.65. The van der Waals surface area contributed by atoms with E-state index >= 15 is 4.39 Å². The van der Waals surface area contributed by atoms with Crippen molar-refractivity contribution in [2.45, 2.75) is 25.1 Å². The van der Waals surface area contributed by atoms with E-state index in [1.54, 1.807) is 23.0 Å². The molecule has 3 unspecified atom stereocenters. The van der Waals surface area contributed by atoms with Gasteiger partial charge in [-0.1, -0.05) is 11.6 Å². The molecule has 2 N–H and O–H groups in total. The van der Waals surface area contributed by atoms with E-state index in [0.717, 1.165) is 6.42 Å². The number of aromatic nitrogens is 5. The highest BCUT2D eigenvalue weighted by molar-refractivity contribution is 6.35. The number of benzene rings is 1. The maximum absolute atomic E-state index is 15.6. The van der Waals surface area contributed by atoms with E-state index in [9.17, 15) is 9.18 Å². The van der Waals surface area contributed by atoms with E-state index in [1.165, 1.54) is 6.20 Å². The van der Waals surface area contributed by atoms with Gasteiger partial charge in [-0.05, 0) is 12.8 Å². The van der Waals surface area contributed by atoms with Crippen LogP contribution in [0.3, 0.4) is 0 Å². The van der Waals surface area contributed by atoms with Crippen LogP contribution in [0.15, 0.2) is 24.8 Å². The van der Waals surface area contributed by atoms with Gasteiger partial charge in [0, 0.05) is 30.8 Å². The molecule has 1 saturated heterocycles. The van der Waals surface area contributed by atoms with Crippen molar-refractivity contribution < 1.29 is 18.3 Å². The van der Waals surface area contributed by atoms with Crippen LogP contribution in [0.4, 0.5) is 20.3 Å². The third kappa shape index (κ3) is 3.38. The molecule has 1 saturated carbocycles. The van der Waals surface area contributed by atoms with E-state index in [1.807, 2.05) is 11.9 Å². The number of hydrogen-bond acceptors (Lipinski definition) is 6. The van der Waals surface area contributed by atoms with Gasteiger partial charge in [0.2, 0.25) is 5.91 Å². The van der Waals surface area contributed by atoms with Crippen molar-refractivity contribution in [3.63, 3.8) is 0 Å². The molecule has 2 aliphatic rings. The van der Waals surface area contributed by atoms with Gasteiger partial charge in [0.15, 0.2) is 17.3 Å². The number of fused-ring (bicyclic) bond motifs is 2.